The lowest BCUT2D eigenvalue weighted by Gasteiger charge is -1.89. The molecule has 0 saturated heterocycles. The zero-order valence-corrected chi connectivity index (χ0v) is 12.3. The topological polar surface area (TPSA) is 97.3 Å². The third kappa shape index (κ3) is 2.85. The average Bonchev–Trinajstić information content (AvgIpc) is 2.99. The molecule has 6 nitrogen and oxygen atoms in total. The summed E-state index contributed by atoms with van der Waals surface area (Å²) in [6.07, 6.45) is 0. The second kappa shape index (κ2) is 5.40. The van der Waals surface area contributed by atoms with Crippen molar-refractivity contribution in [2.45, 2.75) is 13.8 Å². The van der Waals surface area contributed by atoms with Gasteiger partial charge in [-0.05, 0) is 49.2 Å². The van der Waals surface area contributed by atoms with Gasteiger partial charge in [-0.25, -0.2) is 9.59 Å². The molecular weight excluding hydrogens is 280 g/mol. The number of hydrogen-bond donors (Lipinski definition) is 4. The maximum atomic E-state index is 10.8. The summed E-state index contributed by atoms with van der Waals surface area (Å²) in [4.78, 5) is 32.3. The summed E-state index contributed by atoms with van der Waals surface area (Å²) in [5.41, 5.74) is 5.46. The molecule has 4 N–H and O–H groups in total. The van der Waals surface area contributed by atoms with Gasteiger partial charge in [-0.15, -0.1) is 0 Å². The summed E-state index contributed by atoms with van der Waals surface area (Å²) in [5, 5.41) is 0. The molecule has 0 radical (unpaired) electrons. The summed E-state index contributed by atoms with van der Waals surface area (Å²) >= 11 is 0. The third-order valence-electron chi connectivity index (χ3n) is 3.34. The number of benzene rings is 2. The normalized spacial score (nSPS) is 10.6. The highest BCUT2D eigenvalue weighted by molar-refractivity contribution is 5.75. The predicted molar refractivity (Wildman–Crippen MR) is 87.3 cm³/mol. The van der Waals surface area contributed by atoms with E-state index in [2.05, 4.69) is 19.9 Å². The Labute approximate surface area is 125 Å². The van der Waals surface area contributed by atoms with E-state index in [1.54, 1.807) is 0 Å². The van der Waals surface area contributed by atoms with E-state index in [9.17, 15) is 9.59 Å². The zero-order chi connectivity index (χ0) is 15.7. The minimum Gasteiger partial charge on any atom is -0.306 e. The Bertz CT molecular complexity index is 963. The van der Waals surface area contributed by atoms with Crippen LogP contribution < -0.4 is 11.4 Å². The molecule has 0 unspecified atom stereocenters. The number of rotatable bonds is 0. The minimum absolute atomic E-state index is 0.148. The molecule has 0 aliphatic rings. The average molecular weight is 296 g/mol. The molecular formula is C16H16N4O2. The number of H-pyrrole nitrogens is 4. The number of fused-ring (bicyclic) bond motifs is 2. The quantitative estimate of drug-likeness (QED) is 0.400. The Morgan fingerprint density at radius 1 is 0.591 bits per heavy atom. The van der Waals surface area contributed by atoms with Crippen molar-refractivity contribution in [1.29, 1.82) is 0 Å². The summed E-state index contributed by atoms with van der Waals surface area (Å²) in [7, 11) is 0. The fourth-order valence-corrected chi connectivity index (χ4v) is 2.29. The standard InChI is InChI=1S/2C8H8N2O/c2*1-5-2-3-6-7(4-5)10-8(11)9-6/h2*2-4H,1H3,(H2,9,10,11). The van der Waals surface area contributed by atoms with E-state index in [0.717, 1.165) is 33.2 Å². The van der Waals surface area contributed by atoms with Crippen molar-refractivity contribution in [3.8, 4) is 0 Å². The fourth-order valence-electron chi connectivity index (χ4n) is 2.29. The third-order valence-corrected chi connectivity index (χ3v) is 3.34. The number of nitrogens with one attached hydrogen (secondary N) is 4. The molecule has 0 aliphatic heterocycles. The first kappa shape index (κ1) is 13.9. The molecule has 0 fully saturated rings. The van der Waals surface area contributed by atoms with Crippen LogP contribution in [0, 0.1) is 13.8 Å². The molecule has 0 amide bonds. The van der Waals surface area contributed by atoms with Crippen LogP contribution in [0.15, 0.2) is 46.0 Å². The minimum atomic E-state index is -0.148. The number of imidazole rings is 2. The number of aryl methyl sites for hydroxylation is 2. The molecule has 112 valence electrons. The van der Waals surface area contributed by atoms with Crippen molar-refractivity contribution in [3.05, 3.63) is 68.5 Å². The molecule has 4 rings (SSSR count). The van der Waals surface area contributed by atoms with Crippen molar-refractivity contribution in [2.24, 2.45) is 0 Å². The van der Waals surface area contributed by atoms with E-state index in [0.29, 0.717) is 0 Å². The monoisotopic (exact) mass is 296 g/mol. The molecule has 4 aromatic rings. The number of aromatic nitrogens is 4. The van der Waals surface area contributed by atoms with E-state index in [1.807, 2.05) is 50.2 Å². The van der Waals surface area contributed by atoms with E-state index in [1.165, 1.54) is 0 Å². The maximum absolute atomic E-state index is 10.8. The molecule has 22 heavy (non-hydrogen) atoms. The van der Waals surface area contributed by atoms with Gasteiger partial charge in [-0.2, -0.15) is 0 Å². The summed E-state index contributed by atoms with van der Waals surface area (Å²) in [5.74, 6) is 0. The second-order valence-electron chi connectivity index (χ2n) is 5.26. The smallest absolute Gasteiger partial charge is 0.306 e. The van der Waals surface area contributed by atoms with Gasteiger partial charge in [0.1, 0.15) is 0 Å². The van der Waals surface area contributed by atoms with Crippen LogP contribution in [0.1, 0.15) is 11.1 Å². The zero-order valence-electron chi connectivity index (χ0n) is 12.3. The molecule has 0 atom stereocenters. The van der Waals surface area contributed by atoms with Gasteiger partial charge in [0.05, 0.1) is 22.1 Å². The van der Waals surface area contributed by atoms with Gasteiger partial charge in [0.25, 0.3) is 0 Å². The molecule has 2 aromatic carbocycles. The lowest BCUT2D eigenvalue weighted by molar-refractivity contribution is 1.21. The van der Waals surface area contributed by atoms with Crippen LogP contribution in [0.2, 0.25) is 0 Å². The first-order valence-electron chi connectivity index (χ1n) is 6.88. The Balaban J connectivity index is 0.000000131. The Morgan fingerprint density at radius 3 is 1.36 bits per heavy atom. The second-order valence-corrected chi connectivity index (χ2v) is 5.26. The van der Waals surface area contributed by atoms with Gasteiger partial charge in [0.15, 0.2) is 0 Å². The van der Waals surface area contributed by atoms with E-state index in [-0.39, 0.29) is 11.4 Å². The van der Waals surface area contributed by atoms with E-state index >= 15 is 0 Å². The van der Waals surface area contributed by atoms with Gasteiger partial charge < -0.3 is 19.9 Å². The van der Waals surface area contributed by atoms with Gasteiger partial charge in [-0.3, -0.25) is 0 Å². The molecule has 0 spiro atoms. The maximum Gasteiger partial charge on any atom is 0.323 e. The lowest BCUT2D eigenvalue weighted by atomic mass is 10.2. The SMILES string of the molecule is Cc1ccc2[nH]c(=O)[nH]c2c1.Cc1ccc2[nH]c(=O)[nH]c2c1. The van der Waals surface area contributed by atoms with Gasteiger partial charge >= 0.3 is 11.4 Å². The number of hydrogen-bond acceptors (Lipinski definition) is 2. The van der Waals surface area contributed by atoms with Gasteiger partial charge in [0, 0.05) is 0 Å². The highest BCUT2D eigenvalue weighted by Crippen LogP contribution is 2.08. The largest absolute Gasteiger partial charge is 0.323 e. The summed E-state index contributed by atoms with van der Waals surface area (Å²) < 4.78 is 0. The Morgan fingerprint density at radius 2 is 0.955 bits per heavy atom. The van der Waals surface area contributed by atoms with Crippen LogP contribution in [-0.2, 0) is 0 Å². The van der Waals surface area contributed by atoms with Gasteiger partial charge in [-0.1, -0.05) is 12.1 Å². The molecule has 2 aromatic heterocycles. The van der Waals surface area contributed by atoms with Crippen molar-refractivity contribution >= 4 is 22.1 Å². The van der Waals surface area contributed by atoms with Crippen molar-refractivity contribution in [2.75, 3.05) is 0 Å². The molecule has 6 heteroatoms. The van der Waals surface area contributed by atoms with Gasteiger partial charge in [0.2, 0.25) is 0 Å². The molecule has 0 bridgehead atoms. The lowest BCUT2D eigenvalue weighted by Crippen LogP contribution is -1.99. The first-order valence-corrected chi connectivity index (χ1v) is 6.88. The fraction of sp³-hybridized carbons (Fsp3) is 0.125. The van der Waals surface area contributed by atoms with E-state index < -0.39 is 0 Å². The predicted octanol–water partition coefficient (Wildman–Crippen LogP) is 2.33. The van der Waals surface area contributed by atoms with Crippen LogP contribution in [0.3, 0.4) is 0 Å². The van der Waals surface area contributed by atoms with Crippen molar-refractivity contribution in [3.63, 3.8) is 0 Å². The van der Waals surface area contributed by atoms with Crippen molar-refractivity contribution < 1.29 is 0 Å². The van der Waals surface area contributed by atoms with Crippen LogP contribution in [0.25, 0.3) is 22.1 Å². The van der Waals surface area contributed by atoms with Crippen LogP contribution in [0.4, 0.5) is 0 Å². The molecule has 0 saturated carbocycles. The molecule has 2 heterocycles. The highest BCUT2D eigenvalue weighted by Gasteiger charge is 1.96. The number of aromatic amines is 4. The Kier molecular flexibility index (Phi) is 3.42. The first-order chi connectivity index (χ1) is 10.5. The highest BCUT2D eigenvalue weighted by atomic mass is 16.1. The summed E-state index contributed by atoms with van der Waals surface area (Å²) in [6, 6.07) is 11.6. The van der Waals surface area contributed by atoms with E-state index in [4.69, 9.17) is 0 Å². The van der Waals surface area contributed by atoms with Crippen LogP contribution in [-0.4, -0.2) is 19.9 Å². The Hall–Kier alpha value is -3.02. The van der Waals surface area contributed by atoms with Crippen LogP contribution >= 0.6 is 0 Å². The summed E-state index contributed by atoms with van der Waals surface area (Å²) in [6.45, 7) is 3.98. The van der Waals surface area contributed by atoms with Crippen LogP contribution in [0.5, 0.6) is 0 Å². The van der Waals surface area contributed by atoms with Crippen molar-refractivity contribution in [1.82, 2.24) is 19.9 Å². The molecule has 0 aliphatic carbocycles.